The summed E-state index contributed by atoms with van der Waals surface area (Å²) < 4.78 is 20.2. The van der Waals surface area contributed by atoms with Gasteiger partial charge in [0.05, 0.1) is 11.8 Å². The number of rotatable bonds is 7. The third-order valence-corrected chi connectivity index (χ3v) is 6.72. The second kappa shape index (κ2) is 12.6. The summed E-state index contributed by atoms with van der Waals surface area (Å²) in [6.45, 7) is 9.92. The number of ether oxygens (including phenoxy) is 1. The van der Waals surface area contributed by atoms with Crippen molar-refractivity contribution in [3.05, 3.63) is 65.0 Å². The van der Waals surface area contributed by atoms with Crippen molar-refractivity contribution in [3.63, 3.8) is 0 Å². The SMILES string of the molecule is CC(C)(C)NC(=O)c1cccc(CN2CCN(C(=O)c3ccc(NC(=O)NCC4CCCO4)c(F)c3)CC2)c1. The monoisotopic (exact) mass is 539 g/mol. The summed E-state index contributed by atoms with van der Waals surface area (Å²) >= 11 is 0. The molecule has 39 heavy (non-hydrogen) atoms. The molecule has 0 spiro atoms. The number of amides is 4. The number of urea groups is 1. The van der Waals surface area contributed by atoms with E-state index in [4.69, 9.17) is 4.74 Å². The zero-order chi connectivity index (χ0) is 28.0. The Balaban J connectivity index is 1.26. The number of nitrogens with one attached hydrogen (secondary N) is 3. The number of hydrogen-bond donors (Lipinski definition) is 3. The Kier molecular flexibility index (Phi) is 9.19. The molecule has 0 saturated carbocycles. The van der Waals surface area contributed by atoms with Crippen LogP contribution in [0.3, 0.4) is 0 Å². The lowest BCUT2D eigenvalue weighted by atomic mass is 10.1. The van der Waals surface area contributed by atoms with Crippen LogP contribution in [0.1, 0.15) is 59.9 Å². The van der Waals surface area contributed by atoms with Crippen LogP contribution in [0.15, 0.2) is 42.5 Å². The lowest BCUT2D eigenvalue weighted by molar-refractivity contribution is 0.0627. The van der Waals surface area contributed by atoms with Gasteiger partial charge in [-0.1, -0.05) is 12.1 Å². The summed E-state index contributed by atoms with van der Waals surface area (Å²) in [4.78, 5) is 41.6. The summed E-state index contributed by atoms with van der Waals surface area (Å²) in [5.41, 5.74) is 1.59. The van der Waals surface area contributed by atoms with Gasteiger partial charge in [0.15, 0.2) is 0 Å². The number of benzene rings is 2. The van der Waals surface area contributed by atoms with Crippen molar-refractivity contribution in [3.8, 4) is 0 Å². The third kappa shape index (κ3) is 8.24. The van der Waals surface area contributed by atoms with Crippen LogP contribution in [-0.4, -0.2) is 78.6 Å². The summed E-state index contributed by atoms with van der Waals surface area (Å²) in [5.74, 6) is -1.02. The number of nitrogens with zero attached hydrogens (tertiary/aromatic N) is 2. The minimum atomic E-state index is -0.665. The molecule has 2 saturated heterocycles. The average molecular weight is 540 g/mol. The minimum Gasteiger partial charge on any atom is -0.376 e. The normalized spacial score (nSPS) is 18.1. The van der Waals surface area contributed by atoms with Gasteiger partial charge in [-0.25, -0.2) is 9.18 Å². The molecule has 9 nitrogen and oxygen atoms in total. The molecule has 1 atom stereocenters. The molecule has 2 heterocycles. The van der Waals surface area contributed by atoms with Gasteiger partial charge in [-0.05, 0) is 69.5 Å². The van der Waals surface area contributed by atoms with Crippen molar-refractivity contribution in [1.82, 2.24) is 20.4 Å². The van der Waals surface area contributed by atoms with Crippen molar-refractivity contribution in [2.45, 2.75) is 51.8 Å². The molecule has 0 aliphatic carbocycles. The minimum absolute atomic E-state index is 0.00819. The number of carbonyl (C=O) groups is 3. The van der Waals surface area contributed by atoms with Gasteiger partial charge >= 0.3 is 6.03 Å². The first-order valence-corrected chi connectivity index (χ1v) is 13.5. The first-order valence-electron chi connectivity index (χ1n) is 13.5. The molecule has 210 valence electrons. The molecule has 0 radical (unpaired) electrons. The Morgan fingerprint density at radius 3 is 2.46 bits per heavy atom. The van der Waals surface area contributed by atoms with Crippen LogP contribution in [0.5, 0.6) is 0 Å². The van der Waals surface area contributed by atoms with Gasteiger partial charge in [0.2, 0.25) is 0 Å². The number of carbonyl (C=O) groups excluding carboxylic acids is 3. The number of anilines is 1. The Labute approximate surface area is 229 Å². The molecule has 2 aliphatic heterocycles. The Hall–Kier alpha value is -3.50. The van der Waals surface area contributed by atoms with Crippen LogP contribution in [-0.2, 0) is 11.3 Å². The summed E-state index contributed by atoms with van der Waals surface area (Å²) in [7, 11) is 0. The van der Waals surface area contributed by atoms with E-state index >= 15 is 0 Å². The van der Waals surface area contributed by atoms with Crippen molar-refractivity contribution in [2.75, 3.05) is 44.6 Å². The quantitative estimate of drug-likeness (QED) is 0.499. The van der Waals surface area contributed by atoms with Crippen LogP contribution >= 0.6 is 0 Å². The highest BCUT2D eigenvalue weighted by Crippen LogP contribution is 2.19. The molecular weight excluding hydrogens is 501 g/mol. The number of piperazine rings is 1. The first kappa shape index (κ1) is 28.5. The zero-order valence-corrected chi connectivity index (χ0v) is 22.9. The van der Waals surface area contributed by atoms with Gasteiger partial charge in [-0.15, -0.1) is 0 Å². The van der Waals surface area contributed by atoms with Crippen LogP contribution in [0.25, 0.3) is 0 Å². The predicted molar refractivity (Wildman–Crippen MR) is 147 cm³/mol. The van der Waals surface area contributed by atoms with Gasteiger partial charge in [0.1, 0.15) is 5.82 Å². The van der Waals surface area contributed by atoms with Gasteiger partial charge in [0, 0.05) is 62.5 Å². The molecule has 2 fully saturated rings. The van der Waals surface area contributed by atoms with E-state index in [2.05, 4.69) is 20.9 Å². The second-order valence-corrected chi connectivity index (χ2v) is 11.1. The molecule has 0 bridgehead atoms. The van der Waals surface area contributed by atoms with Gasteiger partial charge in [-0.3, -0.25) is 14.5 Å². The zero-order valence-electron chi connectivity index (χ0n) is 22.9. The van der Waals surface area contributed by atoms with E-state index in [0.717, 1.165) is 18.4 Å². The largest absolute Gasteiger partial charge is 0.376 e. The van der Waals surface area contributed by atoms with Gasteiger partial charge < -0.3 is 25.6 Å². The van der Waals surface area contributed by atoms with E-state index in [1.54, 1.807) is 11.0 Å². The molecule has 1 unspecified atom stereocenters. The fraction of sp³-hybridized carbons (Fsp3) is 0.483. The fourth-order valence-corrected chi connectivity index (χ4v) is 4.70. The first-order chi connectivity index (χ1) is 18.6. The molecule has 10 heteroatoms. The van der Waals surface area contributed by atoms with E-state index in [-0.39, 0.29) is 34.7 Å². The Morgan fingerprint density at radius 2 is 1.79 bits per heavy atom. The maximum Gasteiger partial charge on any atom is 0.319 e. The fourth-order valence-electron chi connectivity index (χ4n) is 4.70. The number of halogens is 1. The van der Waals surface area contributed by atoms with E-state index < -0.39 is 11.8 Å². The Morgan fingerprint density at radius 1 is 1.03 bits per heavy atom. The van der Waals surface area contributed by atoms with Crippen LogP contribution in [0.4, 0.5) is 14.9 Å². The lowest BCUT2D eigenvalue weighted by Crippen LogP contribution is -2.48. The van der Waals surface area contributed by atoms with Crippen LogP contribution in [0.2, 0.25) is 0 Å². The van der Waals surface area contributed by atoms with Crippen LogP contribution in [0, 0.1) is 5.82 Å². The molecule has 2 aromatic rings. The van der Waals surface area contributed by atoms with Crippen molar-refractivity contribution < 1.29 is 23.5 Å². The van der Waals surface area contributed by atoms with Crippen molar-refractivity contribution in [1.29, 1.82) is 0 Å². The maximum atomic E-state index is 14.7. The van der Waals surface area contributed by atoms with Gasteiger partial charge in [-0.2, -0.15) is 0 Å². The number of hydrogen-bond acceptors (Lipinski definition) is 5. The van der Waals surface area contributed by atoms with E-state index in [0.29, 0.717) is 51.4 Å². The summed E-state index contributed by atoms with van der Waals surface area (Å²) in [5, 5.41) is 8.16. The highest BCUT2D eigenvalue weighted by atomic mass is 19.1. The average Bonchev–Trinajstić information content (AvgIpc) is 3.42. The van der Waals surface area contributed by atoms with E-state index in [1.165, 1.54) is 18.2 Å². The molecular formula is C29H38FN5O4. The summed E-state index contributed by atoms with van der Waals surface area (Å²) in [6, 6.07) is 11.2. The smallest absolute Gasteiger partial charge is 0.319 e. The molecule has 2 aromatic carbocycles. The highest BCUT2D eigenvalue weighted by molar-refractivity contribution is 5.96. The lowest BCUT2D eigenvalue weighted by Gasteiger charge is -2.35. The van der Waals surface area contributed by atoms with E-state index in [1.807, 2.05) is 39.0 Å². The molecule has 3 N–H and O–H groups in total. The van der Waals surface area contributed by atoms with Gasteiger partial charge in [0.25, 0.3) is 11.8 Å². The molecule has 2 aliphatic rings. The third-order valence-electron chi connectivity index (χ3n) is 6.72. The maximum absolute atomic E-state index is 14.7. The second-order valence-electron chi connectivity index (χ2n) is 11.1. The van der Waals surface area contributed by atoms with Crippen molar-refractivity contribution in [2.24, 2.45) is 0 Å². The van der Waals surface area contributed by atoms with Crippen LogP contribution < -0.4 is 16.0 Å². The molecule has 4 amide bonds. The van der Waals surface area contributed by atoms with E-state index in [9.17, 15) is 18.8 Å². The highest BCUT2D eigenvalue weighted by Gasteiger charge is 2.24. The predicted octanol–water partition coefficient (Wildman–Crippen LogP) is 3.61. The summed E-state index contributed by atoms with van der Waals surface area (Å²) in [6.07, 6.45) is 1.86. The Bertz CT molecular complexity index is 1180. The standard InChI is InChI=1S/C29H38FN5O4/c1-29(2,3)33-26(36)21-7-4-6-20(16-21)19-34-11-13-35(14-12-34)27(37)22-9-10-25(24(30)17-22)32-28(38)31-18-23-8-5-15-39-23/h4,6-7,9-10,16-17,23H,5,8,11-15,18-19H2,1-3H3,(H,33,36)(H2,31,32,38). The molecule has 4 rings (SSSR count). The molecule has 0 aromatic heterocycles. The van der Waals surface area contributed by atoms with Crippen molar-refractivity contribution >= 4 is 23.5 Å². The topological polar surface area (TPSA) is 103 Å².